The maximum absolute atomic E-state index is 10.3. The summed E-state index contributed by atoms with van der Waals surface area (Å²) in [5, 5.41) is 20.3. The normalized spacial score (nSPS) is 9.65. The lowest BCUT2D eigenvalue weighted by Crippen LogP contribution is -2.18. The van der Waals surface area contributed by atoms with Gasteiger partial charge in [0, 0.05) is 18.7 Å². The smallest absolute Gasteiger partial charge is 0.304 e. The molecule has 0 aromatic heterocycles. The van der Waals surface area contributed by atoms with E-state index in [1.165, 1.54) is 0 Å². The summed E-state index contributed by atoms with van der Waals surface area (Å²) < 4.78 is 5.16. The van der Waals surface area contributed by atoms with E-state index in [-0.39, 0.29) is 6.42 Å². The van der Waals surface area contributed by atoms with Crippen molar-refractivity contribution in [2.75, 3.05) is 13.7 Å². The standard InChI is InChI=1S/C12H14N2O3/c1-17-11-3-2-9(7-13)6-10(11)8-14-5-4-12(15)16/h2-3,6,14H,4-5,8H2,1H3,(H,15,16). The molecule has 0 aliphatic heterocycles. The van der Waals surface area contributed by atoms with Crippen LogP contribution in [0.4, 0.5) is 0 Å². The summed E-state index contributed by atoms with van der Waals surface area (Å²) in [5.41, 5.74) is 1.40. The molecule has 90 valence electrons. The van der Waals surface area contributed by atoms with Crippen LogP contribution in [-0.4, -0.2) is 24.7 Å². The first kappa shape index (κ1) is 13.0. The number of aliphatic carboxylic acids is 1. The quantitative estimate of drug-likeness (QED) is 0.721. The van der Waals surface area contributed by atoms with Crippen molar-refractivity contribution in [3.05, 3.63) is 29.3 Å². The fraction of sp³-hybridized carbons (Fsp3) is 0.333. The monoisotopic (exact) mass is 234 g/mol. The van der Waals surface area contributed by atoms with Crippen LogP contribution in [0, 0.1) is 11.3 Å². The average Bonchev–Trinajstić information content (AvgIpc) is 2.34. The largest absolute Gasteiger partial charge is 0.496 e. The molecule has 0 spiro atoms. The van der Waals surface area contributed by atoms with Gasteiger partial charge in [-0.3, -0.25) is 4.79 Å². The molecule has 17 heavy (non-hydrogen) atoms. The molecule has 0 fully saturated rings. The number of carboxylic acids is 1. The number of carbonyl (C=O) groups is 1. The van der Waals surface area contributed by atoms with Gasteiger partial charge in [-0.05, 0) is 18.2 Å². The van der Waals surface area contributed by atoms with Crippen LogP contribution in [0.5, 0.6) is 5.75 Å². The second kappa shape index (κ2) is 6.51. The first-order chi connectivity index (χ1) is 8.17. The molecule has 0 heterocycles. The van der Waals surface area contributed by atoms with E-state index in [2.05, 4.69) is 5.32 Å². The molecule has 0 saturated carbocycles. The molecule has 5 heteroatoms. The summed E-state index contributed by atoms with van der Waals surface area (Å²) in [7, 11) is 1.56. The van der Waals surface area contributed by atoms with E-state index in [4.69, 9.17) is 15.1 Å². The second-order valence-electron chi connectivity index (χ2n) is 3.46. The van der Waals surface area contributed by atoms with E-state index in [9.17, 15) is 4.79 Å². The Balaban J connectivity index is 2.62. The number of benzene rings is 1. The Labute approximate surface area is 99.6 Å². The summed E-state index contributed by atoms with van der Waals surface area (Å²) >= 11 is 0. The van der Waals surface area contributed by atoms with Crippen LogP contribution >= 0.6 is 0 Å². The van der Waals surface area contributed by atoms with Gasteiger partial charge in [-0.25, -0.2) is 0 Å². The number of nitriles is 1. The number of ether oxygens (including phenoxy) is 1. The minimum atomic E-state index is -0.838. The molecular weight excluding hydrogens is 220 g/mol. The summed E-state index contributed by atoms with van der Waals surface area (Å²) in [6.07, 6.45) is 0.0697. The topological polar surface area (TPSA) is 82.3 Å². The van der Waals surface area contributed by atoms with Gasteiger partial charge in [-0.1, -0.05) is 0 Å². The highest BCUT2D eigenvalue weighted by Crippen LogP contribution is 2.19. The fourth-order valence-corrected chi connectivity index (χ4v) is 1.40. The third-order valence-electron chi connectivity index (χ3n) is 2.24. The fourth-order valence-electron chi connectivity index (χ4n) is 1.40. The van der Waals surface area contributed by atoms with Crippen molar-refractivity contribution in [3.8, 4) is 11.8 Å². The molecule has 0 bridgehead atoms. The minimum absolute atomic E-state index is 0.0697. The number of hydrogen-bond donors (Lipinski definition) is 2. The maximum atomic E-state index is 10.3. The van der Waals surface area contributed by atoms with E-state index >= 15 is 0 Å². The van der Waals surface area contributed by atoms with Crippen molar-refractivity contribution >= 4 is 5.97 Å². The molecule has 0 aliphatic rings. The highest BCUT2D eigenvalue weighted by Gasteiger charge is 2.04. The van der Waals surface area contributed by atoms with Crippen LogP contribution in [0.3, 0.4) is 0 Å². The number of carboxylic acid groups (broad SMARTS) is 1. The molecule has 0 atom stereocenters. The second-order valence-corrected chi connectivity index (χ2v) is 3.46. The zero-order valence-electron chi connectivity index (χ0n) is 9.56. The van der Waals surface area contributed by atoms with Gasteiger partial charge in [0.05, 0.1) is 25.2 Å². The summed E-state index contributed by atoms with van der Waals surface area (Å²) in [6, 6.07) is 7.19. The van der Waals surface area contributed by atoms with Crippen molar-refractivity contribution in [1.82, 2.24) is 5.32 Å². The predicted octanol–water partition coefficient (Wildman–Crippen LogP) is 1.13. The Morgan fingerprint density at radius 3 is 2.94 bits per heavy atom. The first-order valence-corrected chi connectivity index (χ1v) is 5.17. The average molecular weight is 234 g/mol. The van der Waals surface area contributed by atoms with Crippen LogP contribution in [0.15, 0.2) is 18.2 Å². The summed E-state index contributed by atoms with van der Waals surface area (Å²) in [6.45, 7) is 0.862. The Morgan fingerprint density at radius 2 is 2.35 bits per heavy atom. The van der Waals surface area contributed by atoms with Crippen molar-refractivity contribution < 1.29 is 14.6 Å². The van der Waals surface area contributed by atoms with E-state index in [0.717, 1.165) is 5.56 Å². The number of nitrogens with one attached hydrogen (secondary N) is 1. The van der Waals surface area contributed by atoms with Gasteiger partial charge in [0.15, 0.2) is 0 Å². The van der Waals surface area contributed by atoms with Gasteiger partial charge >= 0.3 is 5.97 Å². The molecule has 0 aliphatic carbocycles. The molecule has 0 unspecified atom stereocenters. The molecule has 5 nitrogen and oxygen atoms in total. The van der Waals surface area contributed by atoms with E-state index in [0.29, 0.717) is 24.4 Å². The molecule has 0 radical (unpaired) electrons. The van der Waals surface area contributed by atoms with E-state index in [1.54, 1.807) is 25.3 Å². The molecule has 1 rings (SSSR count). The first-order valence-electron chi connectivity index (χ1n) is 5.17. The van der Waals surface area contributed by atoms with Crippen LogP contribution in [0.1, 0.15) is 17.5 Å². The zero-order valence-corrected chi connectivity index (χ0v) is 9.56. The number of hydrogen-bond acceptors (Lipinski definition) is 4. The third-order valence-corrected chi connectivity index (χ3v) is 2.24. The Bertz CT molecular complexity index is 438. The highest BCUT2D eigenvalue weighted by molar-refractivity contribution is 5.66. The van der Waals surface area contributed by atoms with Crippen molar-refractivity contribution in [2.24, 2.45) is 0 Å². The summed E-state index contributed by atoms with van der Waals surface area (Å²) in [5.74, 6) is -0.151. The Morgan fingerprint density at radius 1 is 1.59 bits per heavy atom. The molecule has 1 aromatic carbocycles. The molecule has 2 N–H and O–H groups in total. The Hall–Kier alpha value is -2.06. The van der Waals surface area contributed by atoms with Gasteiger partial charge in [-0.15, -0.1) is 0 Å². The number of nitrogens with zero attached hydrogens (tertiary/aromatic N) is 1. The van der Waals surface area contributed by atoms with Crippen LogP contribution in [-0.2, 0) is 11.3 Å². The maximum Gasteiger partial charge on any atom is 0.304 e. The predicted molar refractivity (Wildman–Crippen MR) is 61.7 cm³/mol. The Kier molecular flexibility index (Phi) is 4.98. The molecule has 0 saturated heterocycles. The van der Waals surface area contributed by atoms with Gasteiger partial charge in [0.25, 0.3) is 0 Å². The highest BCUT2D eigenvalue weighted by atomic mass is 16.5. The van der Waals surface area contributed by atoms with Crippen LogP contribution in [0.25, 0.3) is 0 Å². The van der Waals surface area contributed by atoms with Crippen LogP contribution in [0.2, 0.25) is 0 Å². The van der Waals surface area contributed by atoms with Gasteiger partial charge in [-0.2, -0.15) is 5.26 Å². The molecular formula is C12H14N2O3. The van der Waals surface area contributed by atoms with Crippen molar-refractivity contribution in [1.29, 1.82) is 5.26 Å². The van der Waals surface area contributed by atoms with Crippen molar-refractivity contribution in [3.63, 3.8) is 0 Å². The lowest BCUT2D eigenvalue weighted by molar-refractivity contribution is -0.136. The van der Waals surface area contributed by atoms with E-state index < -0.39 is 5.97 Å². The third kappa shape index (κ3) is 4.13. The molecule has 0 amide bonds. The van der Waals surface area contributed by atoms with Gasteiger partial charge in [0.1, 0.15) is 5.75 Å². The molecule has 1 aromatic rings. The van der Waals surface area contributed by atoms with Crippen molar-refractivity contribution in [2.45, 2.75) is 13.0 Å². The lowest BCUT2D eigenvalue weighted by Gasteiger charge is -2.09. The number of rotatable bonds is 6. The van der Waals surface area contributed by atoms with E-state index in [1.807, 2.05) is 6.07 Å². The van der Waals surface area contributed by atoms with Crippen LogP contribution < -0.4 is 10.1 Å². The summed E-state index contributed by atoms with van der Waals surface area (Å²) in [4.78, 5) is 10.3. The van der Waals surface area contributed by atoms with Gasteiger partial charge in [0.2, 0.25) is 0 Å². The minimum Gasteiger partial charge on any atom is -0.496 e. The SMILES string of the molecule is COc1ccc(C#N)cc1CNCCC(=O)O. The van der Waals surface area contributed by atoms with Gasteiger partial charge < -0.3 is 15.2 Å². The number of methoxy groups -OCH3 is 1. The lowest BCUT2D eigenvalue weighted by atomic mass is 10.1. The zero-order chi connectivity index (χ0) is 12.7.